The number of aliphatic hydroxyl groups is 1. The zero-order valence-electron chi connectivity index (χ0n) is 8.92. The molecule has 0 saturated carbocycles. The van der Waals surface area contributed by atoms with Crippen molar-refractivity contribution in [3.63, 3.8) is 0 Å². The summed E-state index contributed by atoms with van der Waals surface area (Å²) in [5.74, 6) is -1.44. The monoisotopic (exact) mass is 227 g/mol. The Bertz CT molecular complexity index is 370. The van der Waals surface area contributed by atoms with Crippen LogP contribution >= 0.6 is 0 Å². The molecule has 2 nitrogen and oxygen atoms in total. The zero-order chi connectivity index (χ0) is 11.5. The average Bonchev–Trinajstić information content (AvgIpc) is 2.32. The topological polar surface area (TPSA) is 32.3 Å². The molecule has 0 spiro atoms. The second-order valence-electron chi connectivity index (χ2n) is 4.22. The Hall–Kier alpha value is -1.00. The van der Waals surface area contributed by atoms with E-state index >= 15 is 0 Å². The third-order valence-corrected chi connectivity index (χ3v) is 3.21. The first kappa shape index (κ1) is 11.5. The molecule has 0 unspecified atom stereocenters. The van der Waals surface area contributed by atoms with Crippen LogP contribution in [0.2, 0.25) is 0 Å². The Kier molecular flexibility index (Phi) is 3.51. The van der Waals surface area contributed by atoms with E-state index in [4.69, 9.17) is 0 Å². The molecular formula is C12H15F2NO. The Morgan fingerprint density at radius 1 is 1.31 bits per heavy atom. The highest BCUT2D eigenvalue weighted by molar-refractivity contribution is 5.23. The minimum Gasteiger partial charge on any atom is -0.396 e. The van der Waals surface area contributed by atoms with E-state index in [9.17, 15) is 13.9 Å². The number of benzene rings is 1. The Morgan fingerprint density at radius 2 is 2.12 bits per heavy atom. The predicted molar refractivity (Wildman–Crippen MR) is 57.2 cm³/mol. The minimum atomic E-state index is -0.821. The molecule has 88 valence electrons. The van der Waals surface area contributed by atoms with E-state index in [1.54, 1.807) is 6.07 Å². The van der Waals surface area contributed by atoms with Gasteiger partial charge in [-0.1, -0.05) is 6.07 Å². The van der Waals surface area contributed by atoms with Crippen LogP contribution in [-0.2, 0) is 0 Å². The fraction of sp³-hybridized carbons (Fsp3) is 0.500. The molecule has 1 saturated heterocycles. The molecule has 1 aromatic carbocycles. The molecule has 2 rings (SSSR count). The molecule has 0 bridgehead atoms. The van der Waals surface area contributed by atoms with Gasteiger partial charge in [0.15, 0.2) is 11.6 Å². The summed E-state index contributed by atoms with van der Waals surface area (Å²) >= 11 is 0. The van der Waals surface area contributed by atoms with Crippen molar-refractivity contribution < 1.29 is 13.9 Å². The molecule has 16 heavy (non-hydrogen) atoms. The number of aliphatic hydroxyl groups excluding tert-OH is 1. The number of nitrogens with one attached hydrogen (secondary N) is 1. The molecule has 1 fully saturated rings. The molecular weight excluding hydrogens is 212 g/mol. The van der Waals surface area contributed by atoms with E-state index in [0.29, 0.717) is 0 Å². The Morgan fingerprint density at radius 3 is 2.81 bits per heavy atom. The zero-order valence-corrected chi connectivity index (χ0v) is 8.92. The van der Waals surface area contributed by atoms with Gasteiger partial charge in [0.1, 0.15) is 0 Å². The lowest BCUT2D eigenvalue weighted by molar-refractivity contribution is 0.179. The van der Waals surface area contributed by atoms with Crippen molar-refractivity contribution >= 4 is 0 Å². The highest BCUT2D eigenvalue weighted by Gasteiger charge is 2.26. The standard InChI is InChI=1S/C12H15F2NO/c13-11-2-1-8(5-12(11)14)10-3-4-15-6-9(10)7-16/h1-2,5,9-10,15-16H,3-4,6-7H2/t9-,10-/m0/s1. The third kappa shape index (κ3) is 2.23. The van der Waals surface area contributed by atoms with Crippen molar-refractivity contribution in [1.82, 2.24) is 5.32 Å². The summed E-state index contributed by atoms with van der Waals surface area (Å²) < 4.78 is 25.9. The molecule has 2 atom stereocenters. The van der Waals surface area contributed by atoms with Crippen LogP contribution < -0.4 is 5.32 Å². The summed E-state index contributed by atoms with van der Waals surface area (Å²) in [6.45, 7) is 1.64. The first-order chi connectivity index (χ1) is 7.72. The van der Waals surface area contributed by atoms with Gasteiger partial charge in [0, 0.05) is 19.1 Å². The fourth-order valence-electron chi connectivity index (χ4n) is 2.30. The van der Waals surface area contributed by atoms with E-state index < -0.39 is 11.6 Å². The smallest absolute Gasteiger partial charge is 0.159 e. The number of hydrogen-bond donors (Lipinski definition) is 2. The number of halogens is 2. The van der Waals surface area contributed by atoms with Gasteiger partial charge >= 0.3 is 0 Å². The lowest BCUT2D eigenvalue weighted by atomic mass is 9.81. The van der Waals surface area contributed by atoms with Crippen LogP contribution in [0.3, 0.4) is 0 Å². The maximum absolute atomic E-state index is 13.1. The lowest BCUT2D eigenvalue weighted by Crippen LogP contribution is -2.37. The molecule has 1 aliphatic heterocycles. The van der Waals surface area contributed by atoms with E-state index in [1.165, 1.54) is 6.07 Å². The van der Waals surface area contributed by atoms with Gasteiger partial charge in [0.05, 0.1) is 0 Å². The summed E-state index contributed by atoms with van der Waals surface area (Å²) in [6.07, 6.45) is 0.844. The number of piperidine rings is 1. The molecule has 1 aromatic rings. The van der Waals surface area contributed by atoms with E-state index in [-0.39, 0.29) is 18.4 Å². The Labute approximate surface area is 93.3 Å². The van der Waals surface area contributed by atoms with Crippen LogP contribution in [0.25, 0.3) is 0 Å². The fourth-order valence-corrected chi connectivity index (χ4v) is 2.30. The van der Waals surface area contributed by atoms with Gasteiger partial charge in [-0.25, -0.2) is 8.78 Å². The molecule has 0 aromatic heterocycles. The van der Waals surface area contributed by atoms with Crippen LogP contribution in [0.15, 0.2) is 18.2 Å². The quantitative estimate of drug-likeness (QED) is 0.805. The normalized spacial score (nSPS) is 25.7. The average molecular weight is 227 g/mol. The molecule has 0 amide bonds. The minimum absolute atomic E-state index is 0.0661. The van der Waals surface area contributed by atoms with Crippen molar-refractivity contribution in [2.24, 2.45) is 5.92 Å². The van der Waals surface area contributed by atoms with Crippen molar-refractivity contribution in [3.8, 4) is 0 Å². The maximum atomic E-state index is 13.1. The number of rotatable bonds is 2. The van der Waals surface area contributed by atoms with E-state index in [1.807, 2.05) is 0 Å². The van der Waals surface area contributed by atoms with Crippen molar-refractivity contribution in [2.75, 3.05) is 19.7 Å². The highest BCUT2D eigenvalue weighted by atomic mass is 19.2. The highest BCUT2D eigenvalue weighted by Crippen LogP contribution is 2.30. The van der Waals surface area contributed by atoms with E-state index in [2.05, 4.69) is 5.32 Å². The van der Waals surface area contributed by atoms with Crippen LogP contribution in [0.1, 0.15) is 17.9 Å². The Balaban J connectivity index is 2.23. The molecule has 1 aliphatic rings. The largest absolute Gasteiger partial charge is 0.396 e. The summed E-state index contributed by atoms with van der Waals surface area (Å²) in [7, 11) is 0. The SMILES string of the molecule is OC[C@@H]1CNCC[C@H]1c1ccc(F)c(F)c1. The molecule has 0 radical (unpaired) electrons. The molecule has 2 N–H and O–H groups in total. The summed E-state index contributed by atoms with van der Waals surface area (Å²) in [5, 5.41) is 12.4. The van der Waals surface area contributed by atoms with Crippen molar-refractivity contribution in [1.29, 1.82) is 0 Å². The van der Waals surface area contributed by atoms with Crippen LogP contribution in [-0.4, -0.2) is 24.8 Å². The molecule has 1 heterocycles. The van der Waals surface area contributed by atoms with E-state index in [0.717, 1.165) is 31.1 Å². The van der Waals surface area contributed by atoms with Gasteiger partial charge in [-0.05, 0) is 36.6 Å². The van der Waals surface area contributed by atoms with Gasteiger partial charge in [0.2, 0.25) is 0 Å². The summed E-state index contributed by atoms with van der Waals surface area (Å²) in [5.41, 5.74) is 0.777. The summed E-state index contributed by atoms with van der Waals surface area (Å²) in [4.78, 5) is 0. The third-order valence-electron chi connectivity index (χ3n) is 3.21. The van der Waals surface area contributed by atoms with Crippen LogP contribution in [0.5, 0.6) is 0 Å². The second kappa shape index (κ2) is 4.89. The van der Waals surface area contributed by atoms with Gasteiger partial charge in [-0.15, -0.1) is 0 Å². The van der Waals surface area contributed by atoms with Crippen molar-refractivity contribution in [3.05, 3.63) is 35.4 Å². The summed E-state index contributed by atoms with van der Waals surface area (Å²) in [6, 6.07) is 4.01. The van der Waals surface area contributed by atoms with Gasteiger partial charge in [-0.2, -0.15) is 0 Å². The first-order valence-electron chi connectivity index (χ1n) is 5.49. The van der Waals surface area contributed by atoms with Gasteiger partial charge in [-0.3, -0.25) is 0 Å². The van der Waals surface area contributed by atoms with Crippen molar-refractivity contribution in [2.45, 2.75) is 12.3 Å². The van der Waals surface area contributed by atoms with Gasteiger partial charge in [0.25, 0.3) is 0 Å². The second-order valence-corrected chi connectivity index (χ2v) is 4.22. The van der Waals surface area contributed by atoms with Crippen LogP contribution in [0, 0.1) is 17.6 Å². The number of hydrogen-bond acceptors (Lipinski definition) is 2. The molecule has 4 heteroatoms. The molecule has 0 aliphatic carbocycles. The maximum Gasteiger partial charge on any atom is 0.159 e. The first-order valence-corrected chi connectivity index (χ1v) is 5.49. The van der Waals surface area contributed by atoms with Gasteiger partial charge < -0.3 is 10.4 Å². The lowest BCUT2D eigenvalue weighted by Gasteiger charge is -2.31. The predicted octanol–water partition coefficient (Wildman–Crippen LogP) is 1.65. The van der Waals surface area contributed by atoms with Crippen LogP contribution in [0.4, 0.5) is 8.78 Å².